The first-order chi connectivity index (χ1) is 14.6. The summed E-state index contributed by atoms with van der Waals surface area (Å²) >= 11 is 7.42. The summed E-state index contributed by atoms with van der Waals surface area (Å²) in [5, 5.41) is 3.10. The van der Waals surface area contributed by atoms with Crippen LogP contribution in [-0.2, 0) is 20.6 Å². The van der Waals surface area contributed by atoms with E-state index in [1.54, 1.807) is 36.4 Å². The maximum absolute atomic E-state index is 13.8. The molecule has 0 heterocycles. The third-order valence-electron chi connectivity index (χ3n) is 4.34. The van der Waals surface area contributed by atoms with E-state index in [9.17, 15) is 17.6 Å². The molecule has 0 aromatic heterocycles. The Morgan fingerprint density at radius 3 is 2.52 bits per heavy atom. The molecule has 0 saturated carbocycles. The summed E-state index contributed by atoms with van der Waals surface area (Å²) < 4.78 is 44.9. The highest BCUT2D eigenvalue weighted by atomic mass is 35.5. The smallest absolute Gasteiger partial charge is 0.243 e. The van der Waals surface area contributed by atoms with E-state index >= 15 is 0 Å². The van der Waals surface area contributed by atoms with Gasteiger partial charge in [-0.05, 0) is 50.2 Å². The number of carbonyl (C=O) groups is 1. The second-order valence-corrected chi connectivity index (χ2v) is 10.1. The Kier molecular flexibility index (Phi) is 9.46. The zero-order valence-electron chi connectivity index (χ0n) is 17.6. The molecular formula is C21H26ClFN2O4S2. The number of nitrogens with zero attached hydrogens (tertiary/aromatic N) is 1. The Morgan fingerprint density at radius 1 is 1.26 bits per heavy atom. The molecule has 1 amide bonds. The number of anilines is 1. The van der Waals surface area contributed by atoms with E-state index in [-0.39, 0.29) is 5.82 Å². The summed E-state index contributed by atoms with van der Waals surface area (Å²) in [7, 11) is -3.70. The number of nitrogens with one attached hydrogen (secondary N) is 1. The van der Waals surface area contributed by atoms with Crippen LogP contribution in [0.5, 0.6) is 5.75 Å². The van der Waals surface area contributed by atoms with Gasteiger partial charge in [0.2, 0.25) is 15.9 Å². The number of amides is 1. The lowest BCUT2D eigenvalue weighted by atomic mass is 10.2. The van der Waals surface area contributed by atoms with Crippen LogP contribution >= 0.6 is 23.4 Å². The molecule has 0 unspecified atom stereocenters. The number of rotatable bonds is 11. The van der Waals surface area contributed by atoms with Crippen LogP contribution in [0.3, 0.4) is 0 Å². The molecule has 2 aromatic rings. The maximum Gasteiger partial charge on any atom is 0.243 e. The lowest BCUT2D eigenvalue weighted by Gasteiger charge is -2.28. The molecule has 6 nitrogen and oxygen atoms in total. The fourth-order valence-electron chi connectivity index (χ4n) is 2.90. The zero-order chi connectivity index (χ0) is 23.0. The highest BCUT2D eigenvalue weighted by Crippen LogP contribution is 2.25. The van der Waals surface area contributed by atoms with Crippen LogP contribution in [0.2, 0.25) is 5.02 Å². The number of hydrogen-bond acceptors (Lipinski definition) is 5. The van der Waals surface area contributed by atoms with E-state index in [2.05, 4.69) is 5.32 Å². The van der Waals surface area contributed by atoms with Crippen LogP contribution in [0, 0.1) is 5.82 Å². The van der Waals surface area contributed by atoms with Gasteiger partial charge < -0.3 is 10.1 Å². The molecule has 31 heavy (non-hydrogen) atoms. The lowest BCUT2D eigenvalue weighted by Crippen LogP contribution is -2.48. The first kappa shape index (κ1) is 25.3. The zero-order valence-corrected chi connectivity index (χ0v) is 20.0. The molecule has 1 N–H and O–H groups in total. The van der Waals surface area contributed by atoms with Crippen LogP contribution in [-0.4, -0.2) is 45.5 Å². The Bertz CT molecular complexity index is 967. The van der Waals surface area contributed by atoms with Crippen molar-refractivity contribution in [2.45, 2.75) is 25.6 Å². The molecule has 0 aliphatic rings. The van der Waals surface area contributed by atoms with Crippen molar-refractivity contribution in [3.63, 3.8) is 0 Å². The molecular weight excluding hydrogens is 463 g/mol. The van der Waals surface area contributed by atoms with Crippen LogP contribution in [0.1, 0.15) is 19.4 Å². The van der Waals surface area contributed by atoms with Gasteiger partial charge in [0.25, 0.3) is 0 Å². The van der Waals surface area contributed by atoms with Crippen LogP contribution in [0.25, 0.3) is 0 Å². The van der Waals surface area contributed by atoms with Crippen molar-refractivity contribution in [3.8, 4) is 5.75 Å². The van der Waals surface area contributed by atoms with Gasteiger partial charge >= 0.3 is 0 Å². The molecule has 1 atom stereocenters. The fourth-order valence-corrected chi connectivity index (χ4v) is 5.28. The van der Waals surface area contributed by atoms with Crippen LogP contribution in [0.4, 0.5) is 10.1 Å². The van der Waals surface area contributed by atoms with Gasteiger partial charge in [-0.15, -0.1) is 0 Å². The third kappa shape index (κ3) is 7.29. The summed E-state index contributed by atoms with van der Waals surface area (Å²) in [6.45, 7) is 4.18. The van der Waals surface area contributed by atoms with E-state index in [1.165, 1.54) is 24.8 Å². The lowest BCUT2D eigenvalue weighted by molar-refractivity contribution is -0.121. The third-order valence-corrected chi connectivity index (χ3v) is 6.93. The maximum atomic E-state index is 13.8. The molecule has 10 heteroatoms. The average Bonchev–Trinajstić information content (AvgIpc) is 2.70. The van der Waals surface area contributed by atoms with E-state index in [0.29, 0.717) is 46.7 Å². The van der Waals surface area contributed by atoms with Gasteiger partial charge in [-0.1, -0.05) is 17.7 Å². The van der Waals surface area contributed by atoms with Gasteiger partial charge in [-0.25, -0.2) is 12.8 Å². The number of thioether (sulfide) groups is 1. The van der Waals surface area contributed by atoms with Gasteiger partial charge in [-0.3, -0.25) is 9.10 Å². The van der Waals surface area contributed by atoms with Crippen molar-refractivity contribution in [2.75, 3.05) is 29.5 Å². The molecule has 0 aliphatic carbocycles. The minimum Gasteiger partial charge on any atom is -0.494 e. The Hall–Kier alpha value is -1.97. The molecule has 0 fully saturated rings. The molecule has 0 saturated heterocycles. The average molecular weight is 489 g/mol. The predicted molar refractivity (Wildman–Crippen MR) is 125 cm³/mol. The number of sulfonamides is 1. The molecule has 0 spiro atoms. The van der Waals surface area contributed by atoms with E-state index in [4.69, 9.17) is 16.3 Å². The van der Waals surface area contributed by atoms with Crippen LogP contribution in [0.15, 0.2) is 42.5 Å². The first-order valence-corrected chi connectivity index (χ1v) is 13.0. The highest BCUT2D eigenvalue weighted by molar-refractivity contribution is 7.98. The number of hydrogen-bond donors (Lipinski definition) is 1. The summed E-state index contributed by atoms with van der Waals surface area (Å²) in [6, 6.07) is 10.1. The Morgan fingerprint density at radius 2 is 1.94 bits per heavy atom. The minimum atomic E-state index is -3.70. The van der Waals surface area contributed by atoms with Crippen molar-refractivity contribution in [1.29, 1.82) is 0 Å². The van der Waals surface area contributed by atoms with E-state index < -0.39 is 22.0 Å². The van der Waals surface area contributed by atoms with E-state index in [0.717, 1.165) is 10.6 Å². The number of halogens is 2. The minimum absolute atomic E-state index is 0.306. The quantitative estimate of drug-likeness (QED) is 0.482. The summed E-state index contributed by atoms with van der Waals surface area (Å²) in [5.41, 5.74) is 0.796. The molecule has 2 aromatic carbocycles. The fraction of sp³-hybridized carbons (Fsp3) is 0.381. The molecule has 2 rings (SSSR count). The molecule has 170 valence electrons. The molecule has 0 bridgehead atoms. The van der Waals surface area contributed by atoms with Crippen molar-refractivity contribution >= 4 is 45.0 Å². The van der Waals surface area contributed by atoms with Crippen molar-refractivity contribution in [1.82, 2.24) is 5.32 Å². The SMILES string of the molecule is CCOc1ccc(N([C@@H](C)C(=O)NCCSCc2c(F)cccc2Cl)S(C)(=O)=O)cc1. The van der Waals surface area contributed by atoms with Gasteiger partial charge in [0.05, 0.1) is 18.6 Å². The number of ether oxygens (including phenoxy) is 1. The summed E-state index contributed by atoms with van der Waals surface area (Å²) in [6.07, 6.45) is 1.06. The van der Waals surface area contributed by atoms with Gasteiger partial charge in [0, 0.05) is 28.6 Å². The topological polar surface area (TPSA) is 75.7 Å². The summed E-state index contributed by atoms with van der Waals surface area (Å²) in [4.78, 5) is 12.6. The Labute approximate surface area is 192 Å². The second kappa shape index (κ2) is 11.6. The normalized spacial score (nSPS) is 12.3. The van der Waals surface area contributed by atoms with Crippen molar-refractivity contribution in [3.05, 3.63) is 58.9 Å². The molecule has 0 radical (unpaired) electrons. The van der Waals surface area contributed by atoms with Crippen molar-refractivity contribution in [2.24, 2.45) is 0 Å². The molecule has 0 aliphatic heterocycles. The van der Waals surface area contributed by atoms with Gasteiger partial charge in [-0.2, -0.15) is 11.8 Å². The Balaban J connectivity index is 1.94. The first-order valence-electron chi connectivity index (χ1n) is 9.65. The van der Waals surface area contributed by atoms with Gasteiger partial charge in [0.1, 0.15) is 17.6 Å². The number of carbonyl (C=O) groups excluding carboxylic acids is 1. The monoisotopic (exact) mass is 488 g/mol. The van der Waals surface area contributed by atoms with E-state index in [1.807, 2.05) is 6.92 Å². The largest absolute Gasteiger partial charge is 0.494 e. The highest BCUT2D eigenvalue weighted by Gasteiger charge is 2.28. The van der Waals surface area contributed by atoms with Crippen LogP contribution < -0.4 is 14.4 Å². The van der Waals surface area contributed by atoms with Crippen molar-refractivity contribution < 1.29 is 22.3 Å². The van der Waals surface area contributed by atoms with Gasteiger partial charge in [0.15, 0.2) is 0 Å². The standard InChI is InChI=1S/C21H26ClFN2O4S2/c1-4-29-17-10-8-16(9-11-17)25(31(3,27)28)15(2)21(26)24-12-13-30-14-18-19(22)6-5-7-20(18)23/h5-11,15H,4,12-14H2,1-3H3,(H,24,26)/t15-/m0/s1. The number of benzene rings is 2. The second-order valence-electron chi connectivity index (χ2n) is 6.71. The summed E-state index contributed by atoms with van der Waals surface area (Å²) in [5.74, 6) is 0.716. The predicted octanol–water partition coefficient (Wildman–Crippen LogP) is 4.08.